The first kappa shape index (κ1) is 22.7. The summed E-state index contributed by atoms with van der Waals surface area (Å²) in [6, 6.07) is 6.77. The second-order valence-electron chi connectivity index (χ2n) is 10.2. The summed E-state index contributed by atoms with van der Waals surface area (Å²) in [5.41, 5.74) is 0.554. The molecule has 2 aliphatic carbocycles. The maximum atomic E-state index is 13.7. The van der Waals surface area contributed by atoms with Gasteiger partial charge in [-0.2, -0.15) is 0 Å². The van der Waals surface area contributed by atoms with Gasteiger partial charge in [0.15, 0.2) is 0 Å². The van der Waals surface area contributed by atoms with Gasteiger partial charge in [-0.25, -0.2) is 0 Å². The number of likely N-dealkylation sites (tertiary alicyclic amines) is 1. The number of carbonyl (C=O) groups excluding carboxylic acids is 3. The summed E-state index contributed by atoms with van der Waals surface area (Å²) < 4.78 is 0. The Labute approximate surface area is 201 Å². The Morgan fingerprint density at radius 2 is 1.45 bits per heavy atom. The number of amides is 3. The molecule has 2 aliphatic heterocycles. The standard InChI is InChI=1S/C26H34ClN3O3/c27-21-10-5-9-20(16-21)25(32)30-22-11-4-3-8-19(22)17-23(30)26(33)29-14-12-28(13-15-29)24(31)18-6-1-2-7-18/h5,9-10,16,18-19,22-23H,1-4,6-8,11-15,17H2. The molecule has 7 heteroatoms. The normalized spacial score (nSPS) is 28.2. The third-order valence-corrected chi connectivity index (χ3v) is 8.52. The van der Waals surface area contributed by atoms with E-state index in [0.29, 0.717) is 42.7 Å². The summed E-state index contributed by atoms with van der Waals surface area (Å²) >= 11 is 6.16. The fourth-order valence-electron chi connectivity index (χ4n) is 6.53. The van der Waals surface area contributed by atoms with Gasteiger partial charge >= 0.3 is 0 Å². The Bertz CT molecular complexity index is 908. The van der Waals surface area contributed by atoms with Crippen molar-refractivity contribution in [3.63, 3.8) is 0 Å². The number of hydrogen-bond donors (Lipinski definition) is 0. The molecule has 1 aromatic rings. The molecule has 33 heavy (non-hydrogen) atoms. The lowest BCUT2D eigenvalue weighted by Crippen LogP contribution is -2.56. The minimum Gasteiger partial charge on any atom is -0.339 e. The lowest BCUT2D eigenvalue weighted by Gasteiger charge is -2.39. The number of benzene rings is 1. The average Bonchev–Trinajstić information content (AvgIpc) is 3.51. The molecule has 2 saturated heterocycles. The summed E-state index contributed by atoms with van der Waals surface area (Å²) in [6.07, 6.45) is 9.36. The van der Waals surface area contributed by atoms with Crippen LogP contribution in [0.15, 0.2) is 24.3 Å². The van der Waals surface area contributed by atoms with Crippen LogP contribution in [0, 0.1) is 11.8 Å². The molecule has 0 aromatic heterocycles. The number of piperazine rings is 1. The van der Waals surface area contributed by atoms with Crippen LogP contribution in [0.25, 0.3) is 0 Å². The van der Waals surface area contributed by atoms with Crippen molar-refractivity contribution in [2.75, 3.05) is 26.2 Å². The fourth-order valence-corrected chi connectivity index (χ4v) is 6.72. The van der Waals surface area contributed by atoms with Gasteiger partial charge in [-0.3, -0.25) is 14.4 Å². The van der Waals surface area contributed by atoms with Crippen molar-refractivity contribution in [1.29, 1.82) is 0 Å². The summed E-state index contributed by atoms with van der Waals surface area (Å²) in [4.78, 5) is 45.8. The minimum absolute atomic E-state index is 0.0488. The third kappa shape index (κ3) is 4.51. The Morgan fingerprint density at radius 3 is 2.15 bits per heavy atom. The Kier molecular flexibility index (Phi) is 6.64. The maximum absolute atomic E-state index is 13.7. The van der Waals surface area contributed by atoms with Gasteiger partial charge in [0.1, 0.15) is 6.04 Å². The molecule has 3 amide bonds. The SMILES string of the molecule is O=C(C1CCCC1)N1CCN(C(=O)C2CC3CCCCC3N2C(=O)c2cccc(Cl)c2)CC1. The van der Waals surface area contributed by atoms with Crippen molar-refractivity contribution in [3.8, 4) is 0 Å². The molecule has 0 spiro atoms. The molecule has 4 aliphatic rings. The molecular formula is C26H34ClN3O3. The Balaban J connectivity index is 1.29. The second-order valence-corrected chi connectivity index (χ2v) is 10.7. The summed E-state index contributed by atoms with van der Waals surface area (Å²) in [5.74, 6) is 0.800. The monoisotopic (exact) mass is 471 g/mol. The molecule has 0 N–H and O–H groups in total. The summed E-state index contributed by atoms with van der Waals surface area (Å²) in [7, 11) is 0. The third-order valence-electron chi connectivity index (χ3n) is 8.29. The fraction of sp³-hybridized carbons (Fsp3) is 0.654. The topological polar surface area (TPSA) is 60.9 Å². The van der Waals surface area contributed by atoms with Gasteiger partial charge < -0.3 is 14.7 Å². The van der Waals surface area contributed by atoms with E-state index in [2.05, 4.69) is 0 Å². The molecule has 5 rings (SSSR count). The van der Waals surface area contributed by atoms with E-state index in [9.17, 15) is 14.4 Å². The molecule has 2 heterocycles. The van der Waals surface area contributed by atoms with Crippen LogP contribution in [-0.2, 0) is 9.59 Å². The highest BCUT2D eigenvalue weighted by atomic mass is 35.5. The van der Waals surface area contributed by atoms with E-state index in [0.717, 1.165) is 51.4 Å². The number of halogens is 1. The van der Waals surface area contributed by atoms with Gasteiger partial charge in [-0.15, -0.1) is 0 Å². The van der Waals surface area contributed by atoms with Crippen molar-refractivity contribution in [2.24, 2.45) is 11.8 Å². The molecule has 0 bridgehead atoms. The number of rotatable bonds is 3. The van der Waals surface area contributed by atoms with Crippen molar-refractivity contribution in [2.45, 2.75) is 69.9 Å². The predicted molar refractivity (Wildman–Crippen MR) is 127 cm³/mol. The molecule has 178 valence electrons. The quantitative estimate of drug-likeness (QED) is 0.670. The van der Waals surface area contributed by atoms with E-state index in [1.807, 2.05) is 14.7 Å². The van der Waals surface area contributed by atoms with Gasteiger partial charge in [0.2, 0.25) is 11.8 Å². The second kappa shape index (κ2) is 9.65. The number of fused-ring (bicyclic) bond motifs is 1. The van der Waals surface area contributed by atoms with Crippen molar-refractivity contribution in [1.82, 2.24) is 14.7 Å². The smallest absolute Gasteiger partial charge is 0.254 e. The average molecular weight is 472 g/mol. The van der Waals surface area contributed by atoms with Crippen molar-refractivity contribution >= 4 is 29.3 Å². The van der Waals surface area contributed by atoms with E-state index in [4.69, 9.17) is 11.6 Å². The summed E-state index contributed by atoms with van der Waals surface area (Å²) in [6.45, 7) is 2.32. The van der Waals surface area contributed by atoms with Crippen molar-refractivity contribution < 1.29 is 14.4 Å². The van der Waals surface area contributed by atoms with Gasteiger partial charge in [-0.05, 0) is 56.2 Å². The van der Waals surface area contributed by atoms with Crippen LogP contribution < -0.4 is 0 Å². The highest BCUT2D eigenvalue weighted by Gasteiger charge is 2.49. The first-order valence-electron chi connectivity index (χ1n) is 12.7. The largest absolute Gasteiger partial charge is 0.339 e. The van der Waals surface area contributed by atoms with Gasteiger partial charge in [0.25, 0.3) is 5.91 Å². The molecule has 6 nitrogen and oxygen atoms in total. The van der Waals surface area contributed by atoms with E-state index in [-0.39, 0.29) is 29.7 Å². The maximum Gasteiger partial charge on any atom is 0.254 e. The molecular weight excluding hydrogens is 438 g/mol. The molecule has 0 radical (unpaired) electrons. The van der Waals surface area contributed by atoms with Gasteiger partial charge in [0, 0.05) is 48.7 Å². The lowest BCUT2D eigenvalue weighted by atomic mass is 9.84. The Morgan fingerprint density at radius 1 is 0.818 bits per heavy atom. The predicted octanol–water partition coefficient (Wildman–Crippen LogP) is 3.97. The Hall–Kier alpha value is -2.08. The molecule has 1 aromatic carbocycles. The summed E-state index contributed by atoms with van der Waals surface area (Å²) in [5, 5.41) is 0.533. The van der Waals surface area contributed by atoms with Gasteiger partial charge in [0.05, 0.1) is 0 Å². The van der Waals surface area contributed by atoms with Crippen molar-refractivity contribution in [3.05, 3.63) is 34.9 Å². The van der Waals surface area contributed by atoms with Gasteiger partial charge in [-0.1, -0.05) is 43.4 Å². The van der Waals surface area contributed by atoms with Crippen LogP contribution in [0.3, 0.4) is 0 Å². The van der Waals surface area contributed by atoms with Crippen LogP contribution in [0.1, 0.15) is 68.1 Å². The number of nitrogens with zero attached hydrogens (tertiary/aromatic N) is 3. The zero-order valence-corrected chi connectivity index (χ0v) is 20.0. The molecule has 2 saturated carbocycles. The number of hydrogen-bond acceptors (Lipinski definition) is 3. The minimum atomic E-state index is -0.415. The first-order chi connectivity index (χ1) is 16.0. The van der Waals surface area contributed by atoms with Crippen LogP contribution in [0.2, 0.25) is 5.02 Å². The highest BCUT2D eigenvalue weighted by Crippen LogP contribution is 2.41. The lowest BCUT2D eigenvalue weighted by molar-refractivity contribution is -0.144. The van der Waals surface area contributed by atoms with Crippen LogP contribution in [0.5, 0.6) is 0 Å². The van der Waals surface area contributed by atoms with E-state index >= 15 is 0 Å². The van der Waals surface area contributed by atoms with Crippen LogP contribution in [0.4, 0.5) is 0 Å². The molecule has 4 fully saturated rings. The number of carbonyl (C=O) groups is 3. The van der Waals surface area contributed by atoms with E-state index in [1.54, 1.807) is 24.3 Å². The van der Waals surface area contributed by atoms with E-state index < -0.39 is 6.04 Å². The van der Waals surface area contributed by atoms with Crippen LogP contribution >= 0.6 is 11.6 Å². The molecule has 3 unspecified atom stereocenters. The first-order valence-corrected chi connectivity index (χ1v) is 13.1. The zero-order valence-electron chi connectivity index (χ0n) is 19.3. The van der Waals surface area contributed by atoms with Crippen LogP contribution in [-0.4, -0.2) is 70.7 Å². The zero-order chi connectivity index (χ0) is 22.9. The van der Waals surface area contributed by atoms with E-state index in [1.165, 1.54) is 6.42 Å². The molecule has 3 atom stereocenters. The highest BCUT2D eigenvalue weighted by molar-refractivity contribution is 6.31.